The molecule has 0 saturated carbocycles. The van der Waals surface area contributed by atoms with Crippen LogP contribution in [-0.4, -0.2) is 16.1 Å². The number of aromatic nitrogens is 2. The van der Waals surface area contributed by atoms with Crippen LogP contribution in [0.5, 0.6) is 0 Å². The summed E-state index contributed by atoms with van der Waals surface area (Å²) in [5, 5.41) is 4.57. The Hall–Kier alpha value is -2.10. The van der Waals surface area contributed by atoms with Gasteiger partial charge in [-0.05, 0) is 42.9 Å². The Morgan fingerprint density at radius 1 is 1.33 bits per heavy atom. The second-order valence-electron chi connectivity index (χ2n) is 5.68. The Bertz CT molecular complexity index is 673. The molecule has 0 saturated heterocycles. The number of nitrogens with zero attached hydrogens (tertiary/aromatic N) is 2. The van der Waals surface area contributed by atoms with Crippen LogP contribution < -0.4 is 5.73 Å². The van der Waals surface area contributed by atoms with Crippen molar-refractivity contribution in [3.05, 3.63) is 34.9 Å². The second-order valence-corrected chi connectivity index (χ2v) is 5.68. The lowest BCUT2D eigenvalue weighted by Gasteiger charge is -2.03. The number of benzene rings is 1. The van der Waals surface area contributed by atoms with Crippen molar-refractivity contribution in [2.75, 3.05) is 5.73 Å². The lowest BCUT2D eigenvalue weighted by atomic mass is 10.0. The number of carbonyl (C=O) groups excluding carboxylic acids is 1. The van der Waals surface area contributed by atoms with E-state index in [1.165, 1.54) is 17.5 Å². The van der Waals surface area contributed by atoms with Crippen LogP contribution >= 0.6 is 0 Å². The molecule has 1 aromatic heterocycles. The van der Waals surface area contributed by atoms with Gasteiger partial charge in [0.05, 0.1) is 5.56 Å². The van der Waals surface area contributed by atoms with Crippen molar-refractivity contribution in [1.29, 1.82) is 0 Å². The largest absolute Gasteiger partial charge is 0.383 e. The first kappa shape index (κ1) is 13.9. The number of fused-ring (bicyclic) bond motifs is 1. The van der Waals surface area contributed by atoms with E-state index >= 15 is 0 Å². The summed E-state index contributed by atoms with van der Waals surface area (Å²) in [6, 6.07) is 6.39. The first-order valence-corrected chi connectivity index (χ1v) is 7.68. The molecule has 1 aliphatic rings. The third-order valence-electron chi connectivity index (χ3n) is 4.24. The Labute approximate surface area is 125 Å². The van der Waals surface area contributed by atoms with Gasteiger partial charge in [-0.25, -0.2) is 4.68 Å². The Morgan fingerprint density at radius 3 is 2.90 bits per heavy atom. The van der Waals surface area contributed by atoms with Crippen molar-refractivity contribution in [3.8, 4) is 11.3 Å². The summed E-state index contributed by atoms with van der Waals surface area (Å²) in [5.41, 5.74) is 11.1. The normalized spacial score (nSPS) is 13.4. The Balaban J connectivity index is 2.03. The molecule has 2 N–H and O–H groups in total. The van der Waals surface area contributed by atoms with Gasteiger partial charge in [-0.2, -0.15) is 5.10 Å². The zero-order chi connectivity index (χ0) is 14.8. The number of nitrogen functional groups attached to an aromatic ring is 1. The van der Waals surface area contributed by atoms with Crippen LogP contribution in [0.1, 0.15) is 47.7 Å². The minimum atomic E-state index is 0.481. The van der Waals surface area contributed by atoms with E-state index in [9.17, 15) is 4.79 Å². The lowest BCUT2D eigenvalue weighted by Crippen LogP contribution is -2.05. The molecule has 1 aliphatic carbocycles. The summed E-state index contributed by atoms with van der Waals surface area (Å²) < 4.78 is 1.76. The maximum Gasteiger partial charge on any atom is 0.156 e. The van der Waals surface area contributed by atoms with Crippen LogP contribution in [0.4, 0.5) is 5.82 Å². The molecule has 0 amide bonds. The lowest BCUT2D eigenvalue weighted by molar-refractivity contribution is 0.112. The zero-order valence-electron chi connectivity index (χ0n) is 12.4. The number of aryl methyl sites for hydroxylation is 3. The summed E-state index contributed by atoms with van der Waals surface area (Å²) in [6.07, 6.45) is 6.40. The summed E-state index contributed by atoms with van der Waals surface area (Å²) >= 11 is 0. The van der Waals surface area contributed by atoms with Crippen molar-refractivity contribution < 1.29 is 4.79 Å². The Morgan fingerprint density at radius 2 is 2.14 bits per heavy atom. The van der Waals surface area contributed by atoms with Gasteiger partial charge in [0.25, 0.3) is 0 Å². The summed E-state index contributed by atoms with van der Waals surface area (Å²) in [4.78, 5) is 11.4. The van der Waals surface area contributed by atoms with Gasteiger partial charge in [-0.3, -0.25) is 4.79 Å². The molecular formula is C17H21N3O. The quantitative estimate of drug-likeness (QED) is 0.857. The topological polar surface area (TPSA) is 60.9 Å². The van der Waals surface area contributed by atoms with E-state index in [1.54, 1.807) is 4.68 Å². The van der Waals surface area contributed by atoms with Gasteiger partial charge in [0, 0.05) is 12.1 Å². The number of anilines is 1. The fraction of sp³-hybridized carbons (Fsp3) is 0.412. The van der Waals surface area contributed by atoms with Gasteiger partial charge in [0.15, 0.2) is 6.29 Å². The number of nitrogens with two attached hydrogens (primary N) is 1. The van der Waals surface area contributed by atoms with Crippen molar-refractivity contribution in [2.24, 2.45) is 0 Å². The fourth-order valence-electron chi connectivity index (χ4n) is 3.02. The molecular weight excluding hydrogens is 262 g/mol. The molecule has 0 bridgehead atoms. The average molecular weight is 283 g/mol. The fourth-order valence-corrected chi connectivity index (χ4v) is 3.02. The van der Waals surface area contributed by atoms with E-state index in [0.29, 0.717) is 17.1 Å². The first-order chi connectivity index (χ1) is 10.2. The zero-order valence-corrected chi connectivity index (χ0v) is 12.4. The highest BCUT2D eigenvalue weighted by atomic mass is 16.1. The summed E-state index contributed by atoms with van der Waals surface area (Å²) in [6.45, 7) is 2.88. The number of hydrogen-bond donors (Lipinski definition) is 1. The van der Waals surface area contributed by atoms with Crippen molar-refractivity contribution in [3.63, 3.8) is 0 Å². The molecule has 4 nitrogen and oxygen atoms in total. The van der Waals surface area contributed by atoms with Gasteiger partial charge in [0.1, 0.15) is 11.5 Å². The first-order valence-electron chi connectivity index (χ1n) is 7.68. The van der Waals surface area contributed by atoms with E-state index in [4.69, 9.17) is 5.73 Å². The van der Waals surface area contributed by atoms with E-state index in [2.05, 4.69) is 30.2 Å². The van der Waals surface area contributed by atoms with Crippen LogP contribution in [0.25, 0.3) is 11.3 Å². The van der Waals surface area contributed by atoms with E-state index in [1.807, 2.05) is 0 Å². The standard InChI is InChI=1S/C17H21N3O/c1-2-3-9-20-17(18)15(11-21)16(19-20)14-8-7-12-5-4-6-13(12)10-14/h7-8,10-11H,2-6,9,18H2,1H3. The molecule has 0 atom stereocenters. The predicted octanol–water partition coefficient (Wildman–Crippen LogP) is 3.23. The molecule has 110 valence electrons. The van der Waals surface area contributed by atoms with Crippen LogP contribution in [0.2, 0.25) is 0 Å². The molecule has 0 spiro atoms. The van der Waals surface area contributed by atoms with Crippen LogP contribution in [0.15, 0.2) is 18.2 Å². The van der Waals surface area contributed by atoms with Crippen LogP contribution in [0, 0.1) is 0 Å². The highest BCUT2D eigenvalue weighted by molar-refractivity contribution is 5.91. The van der Waals surface area contributed by atoms with Gasteiger partial charge >= 0.3 is 0 Å². The number of unbranched alkanes of at least 4 members (excludes halogenated alkanes) is 1. The maximum atomic E-state index is 11.4. The minimum absolute atomic E-state index is 0.481. The molecule has 0 fully saturated rings. The maximum absolute atomic E-state index is 11.4. The number of rotatable bonds is 5. The Kier molecular flexibility index (Phi) is 3.78. The number of carbonyl (C=O) groups is 1. The van der Waals surface area contributed by atoms with Crippen molar-refractivity contribution in [2.45, 2.75) is 45.6 Å². The van der Waals surface area contributed by atoms with Gasteiger partial charge in [-0.1, -0.05) is 25.5 Å². The highest BCUT2D eigenvalue weighted by Crippen LogP contribution is 2.30. The summed E-state index contributed by atoms with van der Waals surface area (Å²) in [5.74, 6) is 0.481. The average Bonchev–Trinajstić information content (AvgIpc) is 3.08. The number of hydrogen-bond acceptors (Lipinski definition) is 3. The van der Waals surface area contributed by atoms with Crippen molar-refractivity contribution >= 4 is 12.1 Å². The third kappa shape index (κ3) is 2.46. The van der Waals surface area contributed by atoms with E-state index in [0.717, 1.165) is 44.1 Å². The molecule has 21 heavy (non-hydrogen) atoms. The van der Waals surface area contributed by atoms with Gasteiger partial charge in [-0.15, -0.1) is 0 Å². The minimum Gasteiger partial charge on any atom is -0.383 e. The number of aldehydes is 1. The molecule has 2 aromatic rings. The molecule has 3 rings (SSSR count). The SMILES string of the molecule is CCCCn1nc(-c2ccc3c(c2)CCC3)c(C=O)c1N. The third-order valence-corrected chi connectivity index (χ3v) is 4.24. The molecule has 0 radical (unpaired) electrons. The molecule has 4 heteroatoms. The van der Waals surface area contributed by atoms with Gasteiger partial charge < -0.3 is 5.73 Å². The molecule has 0 aliphatic heterocycles. The smallest absolute Gasteiger partial charge is 0.156 e. The van der Waals surface area contributed by atoms with Crippen LogP contribution in [0.3, 0.4) is 0 Å². The molecule has 1 heterocycles. The van der Waals surface area contributed by atoms with Crippen LogP contribution in [-0.2, 0) is 19.4 Å². The highest BCUT2D eigenvalue weighted by Gasteiger charge is 2.18. The van der Waals surface area contributed by atoms with Crippen molar-refractivity contribution in [1.82, 2.24) is 9.78 Å². The second kappa shape index (κ2) is 5.72. The monoisotopic (exact) mass is 283 g/mol. The van der Waals surface area contributed by atoms with Gasteiger partial charge in [0.2, 0.25) is 0 Å². The van der Waals surface area contributed by atoms with E-state index < -0.39 is 0 Å². The summed E-state index contributed by atoms with van der Waals surface area (Å²) in [7, 11) is 0. The van der Waals surface area contributed by atoms with E-state index in [-0.39, 0.29) is 0 Å². The predicted molar refractivity (Wildman–Crippen MR) is 84.4 cm³/mol. The molecule has 0 unspecified atom stereocenters. The molecule has 1 aromatic carbocycles.